The fraction of sp³-hybridized carbons (Fsp3) is 0.190. The summed E-state index contributed by atoms with van der Waals surface area (Å²) in [4.78, 5) is 1.80. The number of rotatable bonds is 7. The Morgan fingerprint density at radius 1 is 1.00 bits per heavy atom. The summed E-state index contributed by atoms with van der Waals surface area (Å²) in [6.07, 6.45) is 5.06. The highest BCUT2D eigenvalue weighted by atomic mass is 31.2. The molecule has 0 aliphatic carbocycles. The fourth-order valence-electron chi connectivity index (χ4n) is 2.98. The van der Waals surface area contributed by atoms with Crippen molar-refractivity contribution < 1.29 is 9.67 Å². The third kappa shape index (κ3) is 4.39. The molecular weight excluding hydrogens is 343 g/mol. The molecule has 0 fully saturated rings. The molecule has 0 amide bonds. The summed E-state index contributed by atoms with van der Waals surface area (Å²) < 4.78 is 14.4. The number of likely N-dealkylation sites (N-methyl/N-ethyl adjacent to an activating group) is 1. The number of hydrogen-bond donors (Lipinski definition) is 1. The van der Waals surface area contributed by atoms with Gasteiger partial charge in [-0.2, -0.15) is 5.26 Å². The van der Waals surface area contributed by atoms with Crippen molar-refractivity contribution in [3.05, 3.63) is 85.0 Å². The summed E-state index contributed by atoms with van der Waals surface area (Å²) in [5, 5.41) is 20.8. The molecule has 2 unspecified atom stereocenters. The summed E-state index contributed by atoms with van der Waals surface area (Å²) in [6, 6.07) is 20.5. The Kier molecular flexibility index (Phi) is 7.12. The first-order valence-corrected chi connectivity index (χ1v) is 10.1. The minimum atomic E-state index is -3.17. The van der Waals surface area contributed by atoms with Gasteiger partial charge in [0.25, 0.3) is 0 Å². The van der Waals surface area contributed by atoms with Crippen LogP contribution in [0, 0.1) is 11.3 Å². The zero-order valence-corrected chi connectivity index (χ0v) is 15.8. The van der Waals surface area contributed by atoms with Gasteiger partial charge in [-0.05, 0) is 14.1 Å². The van der Waals surface area contributed by atoms with Gasteiger partial charge in [0.2, 0.25) is 0 Å². The maximum atomic E-state index is 14.4. The molecule has 2 atom stereocenters. The van der Waals surface area contributed by atoms with Crippen molar-refractivity contribution in [3.8, 4) is 6.07 Å². The van der Waals surface area contributed by atoms with Gasteiger partial charge in [0.15, 0.2) is 7.14 Å². The largest absolute Gasteiger partial charge is 0.387 e. The molecule has 0 heterocycles. The molecule has 2 aromatic carbocycles. The molecule has 0 saturated carbocycles. The first kappa shape index (κ1) is 19.9. The van der Waals surface area contributed by atoms with Gasteiger partial charge >= 0.3 is 0 Å². The third-order valence-electron chi connectivity index (χ3n) is 4.08. The quantitative estimate of drug-likeness (QED) is 0.465. The number of aliphatic hydroxyl groups is 1. The molecule has 5 heteroatoms. The predicted molar refractivity (Wildman–Crippen MR) is 107 cm³/mol. The minimum absolute atomic E-state index is 0.640. The van der Waals surface area contributed by atoms with Crippen LogP contribution < -0.4 is 10.6 Å². The molecular formula is C21H23N2O2P. The maximum Gasteiger partial charge on any atom is 0.162 e. The molecule has 0 aliphatic rings. The smallest absolute Gasteiger partial charge is 0.162 e. The highest BCUT2D eigenvalue weighted by Gasteiger charge is 2.41. The SMILES string of the molecule is CN(C)C(C(O)/C=C/C=C/C#N)P(=O)(c1ccccc1)c1ccccc1. The van der Waals surface area contributed by atoms with Crippen molar-refractivity contribution in [2.75, 3.05) is 14.1 Å². The second-order valence-corrected chi connectivity index (χ2v) is 8.95. The van der Waals surface area contributed by atoms with E-state index in [9.17, 15) is 9.67 Å². The Balaban J connectivity index is 2.58. The Morgan fingerprint density at radius 3 is 1.92 bits per heavy atom. The van der Waals surface area contributed by atoms with E-state index in [4.69, 9.17) is 5.26 Å². The number of nitriles is 1. The van der Waals surface area contributed by atoms with E-state index in [1.54, 1.807) is 23.1 Å². The van der Waals surface area contributed by atoms with Gasteiger partial charge < -0.3 is 9.67 Å². The molecule has 26 heavy (non-hydrogen) atoms. The van der Waals surface area contributed by atoms with Crippen LogP contribution in [-0.4, -0.2) is 36.0 Å². The Bertz CT molecular complexity index is 796. The number of allylic oxidation sites excluding steroid dienone is 3. The van der Waals surface area contributed by atoms with Crippen LogP contribution in [0.2, 0.25) is 0 Å². The van der Waals surface area contributed by atoms with Gasteiger partial charge in [0, 0.05) is 16.7 Å². The van der Waals surface area contributed by atoms with E-state index in [2.05, 4.69) is 0 Å². The molecule has 4 nitrogen and oxygen atoms in total. The highest BCUT2D eigenvalue weighted by molar-refractivity contribution is 7.79. The van der Waals surface area contributed by atoms with Gasteiger partial charge in [0.05, 0.1) is 12.2 Å². The number of nitrogens with zero attached hydrogens (tertiary/aromatic N) is 2. The molecule has 0 aliphatic heterocycles. The summed E-state index contributed by atoms with van der Waals surface area (Å²) in [5.41, 5.74) is 0. The fourth-order valence-corrected chi connectivity index (χ4v) is 6.29. The minimum Gasteiger partial charge on any atom is -0.387 e. The molecule has 0 radical (unpaired) electrons. The number of hydrogen-bond acceptors (Lipinski definition) is 4. The zero-order chi connectivity index (χ0) is 19.0. The Labute approximate surface area is 155 Å². The summed E-state index contributed by atoms with van der Waals surface area (Å²) >= 11 is 0. The molecule has 134 valence electrons. The van der Waals surface area contributed by atoms with E-state index in [1.165, 1.54) is 6.08 Å². The second kappa shape index (κ2) is 9.31. The van der Waals surface area contributed by atoms with E-state index < -0.39 is 19.0 Å². The first-order chi connectivity index (χ1) is 12.5. The maximum absolute atomic E-state index is 14.4. The predicted octanol–water partition coefficient (Wildman–Crippen LogP) is 2.89. The third-order valence-corrected chi connectivity index (χ3v) is 7.72. The van der Waals surface area contributed by atoms with Gasteiger partial charge in [-0.15, -0.1) is 0 Å². The molecule has 0 saturated heterocycles. The van der Waals surface area contributed by atoms with Gasteiger partial charge in [-0.3, -0.25) is 4.90 Å². The molecule has 0 aromatic heterocycles. The summed E-state index contributed by atoms with van der Waals surface area (Å²) in [5.74, 6) is -0.640. The van der Waals surface area contributed by atoms with Crippen molar-refractivity contribution in [2.45, 2.75) is 11.9 Å². The number of aliphatic hydroxyl groups excluding tert-OH is 1. The number of benzene rings is 2. The molecule has 0 bridgehead atoms. The van der Waals surface area contributed by atoms with Crippen LogP contribution in [0.25, 0.3) is 0 Å². The molecule has 2 rings (SSSR count). The van der Waals surface area contributed by atoms with Crippen LogP contribution in [0.15, 0.2) is 85.0 Å². The normalized spacial score (nSPS) is 14.6. The van der Waals surface area contributed by atoms with Crippen LogP contribution in [0.4, 0.5) is 0 Å². The van der Waals surface area contributed by atoms with Crippen LogP contribution in [0.5, 0.6) is 0 Å². The van der Waals surface area contributed by atoms with Crippen molar-refractivity contribution in [1.29, 1.82) is 5.26 Å². The van der Waals surface area contributed by atoms with Crippen LogP contribution in [0.1, 0.15) is 0 Å². The Hall–Kier alpha value is -2.44. The van der Waals surface area contributed by atoms with Gasteiger partial charge in [0.1, 0.15) is 5.78 Å². The van der Waals surface area contributed by atoms with Crippen LogP contribution in [0.3, 0.4) is 0 Å². The van der Waals surface area contributed by atoms with E-state index in [-0.39, 0.29) is 0 Å². The molecule has 0 spiro atoms. The van der Waals surface area contributed by atoms with Crippen LogP contribution >= 0.6 is 7.14 Å². The summed E-state index contributed by atoms with van der Waals surface area (Å²) in [6.45, 7) is 0. The zero-order valence-electron chi connectivity index (χ0n) is 14.9. The monoisotopic (exact) mass is 366 g/mol. The highest BCUT2D eigenvalue weighted by Crippen LogP contribution is 2.50. The van der Waals surface area contributed by atoms with E-state index in [0.717, 1.165) is 0 Å². The van der Waals surface area contributed by atoms with Crippen molar-refractivity contribution >= 4 is 17.8 Å². The second-order valence-electron chi connectivity index (χ2n) is 6.07. The van der Waals surface area contributed by atoms with Crippen molar-refractivity contribution in [3.63, 3.8) is 0 Å². The van der Waals surface area contributed by atoms with Crippen molar-refractivity contribution in [1.82, 2.24) is 4.90 Å². The van der Waals surface area contributed by atoms with E-state index in [0.29, 0.717) is 10.6 Å². The molecule has 1 N–H and O–H groups in total. The topological polar surface area (TPSA) is 64.3 Å². The lowest BCUT2D eigenvalue weighted by Crippen LogP contribution is -2.43. The van der Waals surface area contributed by atoms with E-state index in [1.807, 2.05) is 80.8 Å². The Morgan fingerprint density at radius 2 is 1.50 bits per heavy atom. The lowest BCUT2D eigenvalue weighted by atomic mass is 10.3. The summed E-state index contributed by atoms with van der Waals surface area (Å²) in [7, 11) is 0.455. The van der Waals surface area contributed by atoms with E-state index >= 15 is 0 Å². The average Bonchev–Trinajstić information content (AvgIpc) is 2.66. The van der Waals surface area contributed by atoms with Crippen LogP contribution in [-0.2, 0) is 4.57 Å². The average molecular weight is 366 g/mol. The molecule has 2 aromatic rings. The standard InChI is InChI=1S/C21H23N2O2P/c1-23(2)21(20(24)16-10-5-11-17-22)26(25,18-12-6-3-7-13-18)19-14-8-4-9-15-19/h3-16,20-21,24H,1-2H3/b11-5+,16-10+. The van der Waals surface area contributed by atoms with Crippen molar-refractivity contribution in [2.24, 2.45) is 0 Å². The van der Waals surface area contributed by atoms with Gasteiger partial charge in [-0.25, -0.2) is 0 Å². The van der Waals surface area contributed by atoms with Gasteiger partial charge in [-0.1, -0.05) is 78.9 Å². The first-order valence-electron chi connectivity index (χ1n) is 8.30. The lowest BCUT2D eigenvalue weighted by Gasteiger charge is -2.35. The lowest BCUT2D eigenvalue weighted by molar-refractivity contribution is 0.155.